The molecule has 0 N–H and O–H groups in total. The zero-order chi connectivity index (χ0) is 28.5. The van der Waals surface area contributed by atoms with Crippen molar-refractivity contribution in [2.24, 2.45) is 4.99 Å². The van der Waals surface area contributed by atoms with Gasteiger partial charge in [0.25, 0.3) is 5.56 Å². The van der Waals surface area contributed by atoms with Crippen LogP contribution in [0.2, 0.25) is 0 Å². The summed E-state index contributed by atoms with van der Waals surface area (Å²) in [6.45, 7) is 4.93. The highest BCUT2D eigenvalue weighted by molar-refractivity contribution is 7.98. The zero-order valence-corrected chi connectivity index (χ0v) is 24.7. The molecule has 6 nitrogen and oxygen atoms in total. The van der Waals surface area contributed by atoms with Gasteiger partial charge in [0, 0.05) is 39.7 Å². The first-order valence-corrected chi connectivity index (χ1v) is 15.6. The second-order valence-electron chi connectivity index (χ2n) is 9.59. The predicted molar refractivity (Wildman–Crippen MR) is 167 cm³/mol. The van der Waals surface area contributed by atoms with E-state index in [-0.39, 0.29) is 12.2 Å². The molecular formula is C33H29N3O3S2. The first-order valence-electron chi connectivity index (χ1n) is 13.5. The van der Waals surface area contributed by atoms with E-state index >= 15 is 0 Å². The average molecular weight is 580 g/mol. The van der Waals surface area contributed by atoms with Crippen LogP contribution in [0.3, 0.4) is 0 Å². The number of hydrogen-bond donors (Lipinski definition) is 0. The maximum atomic E-state index is 14.2. The van der Waals surface area contributed by atoms with Crippen LogP contribution in [0.5, 0.6) is 0 Å². The Hall–Kier alpha value is -4.14. The summed E-state index contributed by atoms with van der Waals surface area (Å²) < 4.78 is 9.96. The molecule has 2 aromatic heterocycles. The number of carbonyl (C=O) groups is 1. The molecule has 0 radical (unpaired) electrons. The minimum Gasteiger partial charge on any atom is -0.463 e. The second kappa shape index (κ2) is 11.4. The third kappa shape index (κ3) is 4.87. The van der Waals surface area contributed by atoms with Crippen LogP contribution in [0.4, 0.5) is 0 Å². The number of esters is 1. The van der Waals surface area contributed by atoms with E-state index in [4.69, 9.17) is 9.73 Å². The Morgan fingerprint density at radius 1 is 1.02 bits per heavy atom. The van der Waals surface area contributed by atoms with Crippen molar-refractivity contribution in [3.63, 3.8) is 0 Å². The van der Waals surface area contributed by atoms with Gasteiger partial charge in [-0.25, -0.2) is 9.79 Å². The van der Waals surface area contributed by atoms with Gasteiger partial charge in [-0.2, -0.15) is 0 Å². The van der Waals surface area contributed by atoms with E-state index in [1.165, 1.54) is 11.3 Å². The molecule has 1 atom stereocenters. The molecule has 5 aromatic rings. The maximum absolute atomic E-state index is 14.2. The molecular weight excluding hydrogens is 551 g/mol. The fourth-order valence-corrected chi connectivity index (χ4v) is 6.74. The monoisotopic (exact) mass is 579 g/mol. The van der Waals surface area contributed by atoms with Crippen LogP contribution < -0.4 is 14.9 Å². The van der Waals surface area contributed by atoms with Gasteiger partial charge in [0.1, 0.15) is 0 Å². The van der Waals surface area contributed by atoms with Crippen LogP contribution >= 0.6 is 23.1 Å². The molecule has 3 heterocycles. The number of aromatic nitrogens is 2. The van der Waals surface area contributed by atoms with Gasteiger partial charge >= 0.3 is 5.97 Å². The highest BCUT2D eigenvalue weighted by Gasteiger charge is 2.35. The molecule has 41 heavy (non-hydrogen) atoms. The Bertz CT molecular complexity index is 1970. The van der Waals surface area contributed by atoms with Gasteiger partial charge in [0.05, 0.1) is 28.5 Å². The molecule has 0 spiro atoms. The Labute approximate surface area is 245 Å². The first-order chi connectivity index (χ1) is 20.0. The number of aryl methyl sites for hydroxylation is 1. The number of thiazole rings is 1. The van der Waals surface area contributed by atoms with E-state index in [2.05, 4.69) is 29.8 Å². The van der Waals surface area contributed by atoms with Gasteiger partial charge in [0.15, 0.2) is 4.80 Å². The number of nitrogens with zero attached hydrogens (tertiary/aromatic N) is 3. The van der Waals surface area contributed by atoms with E-state index < -0.39 is 12.0 Å². The lowest BCUT2D eigenvalue weighted by atomic mass is 9.93. The minimum absolute atomic E-state index is 0.185. The highest BCUT2D eigenvalue weighted by atomic mass is 32.2. The molecule has 0 amide bonds. The number of ether oxygens (including phenoxy) is 1. The summed E-state index contributed by atoms with van der Waals surface area (Å²) in [6.07, 6.45) is 6.05. The maximum Gasteiger partial charge on any atom is 0.338 e. The van der Waals surface area contributed by atoms with Crippen molar-refractivity contribution in [1.29, 1.82) is 0 Å². The lowest BCUT2D eigenvalue weighted by molar-refractivity contribution is -0.138. The van der Waals surface area contributed by atoms with Crippen LogP contribution in [0.25, 0.3) is 22.7 Å². The van der Waals surface area contributed by atoms with Crippen molar-refractivity contribution in [3.05, 3.63) is 127 Å². The number of carbonyl (C=O) groups excluding carboxylic acids is 1. The lowest BCUT2D eigenvalue weighted by Crippen LogP contribution is -2.40. The van der Waals surface area contributed by atoms with Gasteiger partial charge < -0.3 is 9.30 Å². The van der Waals surface area contributed by atoms with E-state index in [0.29, 0.717) is 20.6 Å². The van der Waals surface area contributed by atoms with E-state index in [1.807, 2.05) is 79.1 Å². The summed E-state index contributed by atoms with van der Waals surface area (Å²) >= 11 is 2.98. The topological polar surface area (TPSA) is 65.6 Å². The van der Waals surface area contributed by atoms with E-state index in [0.717, 1.165) is 39.0 Å². The Morgan fingerprint density at radius 2 is 1.76 bits per heavy atom. The third-order valence-corrected chi connectivity index (χ3v) is 8.98. The normalized spacial score (nSPS) is 15.2. The molecule has 0 unspecified atom stereocenters. The molecule has 0 fully saturated rings. The second-order valence-corrected chi connectivity index (χ2v) is 11.5. The van der Waals surface area contributed by atoms with E-state index in [9.17, 15) is 9.59 Å². The van der Waals surface area contributed by atoms with Crippen LogP contribution in [0.1, 0.15) is 36.6 Å². The molecule has 0 aliphatic carbocycles. The Balaban J connectivity index is 1.64. The lowest BCUT2D eigenvalue weighted by Gasteiger charge is -2.26. The van der Waals surface area contributed by atoms with Crippen LogP contribution in [-0.2, 0) is 16.1 Å². The number of benzene rings is 3. The van der Waals surface area contributed by atoms with Crippen molar-refractivity contribution in [2.45, 2.75) is 31.3 Å². The van der Waals surface area contributed by atoms with Gasteiger partial charge in [0.2, 0.25) is 0 Å². The molecule has 8 heteroatoms. The number of thioether (sulfide) groups is 1. The predicted octanol–water partition coefficient (Wildman–Crippen LogP) is 5.63. The summed E-state index contributed by atoms with van der Waals surface area (Å²) in [5.41, 5.74) is 4.41. The van der Waals surface area contributed by atoms with Crippen LogP contribution in [0, 0.1) is 0 Å². The largest absolute Gasteiger partial charge is 0.463 e. The quantitative estimate of drug-likeness (QED) is 0.185. The number of fused-ring (bicyclic) bond motifs is 2. The number of rotatable bonds is 7. The molecule has 3 aromatic carbocycles. The van der Waals surface area contributed by atoms with Gasteiger partial charge in [-0.1, -0.05) is 72.0 Å². The fourth-order valence-electron chi connectivity index (χ4n) is 5.34. The highest BCUT2D eigenvalue weighted by Crippen LogP contribution is 2.35. The summed E-state index contributed by atoms with van der Waals surface area (Å²) in [5, 5.41) is 1.08. The molecule has 1 aliphatic rings. The van der Waals surface area contributed by atoms with E-state index in [1.54, 1.807) is 23.3 Å². The van der Waals surface area contributed by atoms with Crippen molar-refractivity contribution < 1.29 is 9.53 Å². The average Bonchev–Trinajstić information content (AvgIpc) is 3.53. The SMILES string of the molecule is CCOC(=O)C1=C(c2ccccc2)N=c2s/c(=C\c3cn(CC)c4ccccc34)c(=O)n2[C@@H]1c1ccc(SC)cc1. The molecule has 1 aliphatic heterocycles. The Morgan fingerprint density at radius 3 is 2.46 bits per heavy atom. The van der Waals surface area contributed by atoms with Gasteiger partial charge in [-0.3, -0.25) is 9.36 Å². The van der Waals surface area contributed by atoms with Crippen molar-refractivity contribution in [1.82, 2.24) is 9.13 Å². The van der Waals surface area contributed by atoms with Crippen molar-refractivity contribution >= 4 is 51.7 Å². The summed E-state index contributed by atoms with van der Waals surface area (Å²) in [4.78, 5) is 34.4. The van der Waals surface area contributed by atoms with Gasteiger partial charge in [-0.15, -0.1) is 11.8 Å². The van der Waals surface area contributed by atoms with Gasteiger partial charge in [-0.05, 0) is 49.9 Å². The fraction of sp³-hybridized carbons (Fsp3) is 0.182. The number of para-hydroxylation sites is 1. The smallest absolute Gasteiger partial charge is 0.338 e. The summed E-state index contributed by atoms with van der Waals surface area (Å²) in [7, 11) is 0. The van der Waals surface area contributed by atoms with Crippen molar-refractivity contribution in [2.75, 3.05) is 12.9 Å². The summed E-state index contributed by atoms with van der Waals surface area (Å²) in [6, 6.07) is 25.1. The molecule has 0 saturated heterocycles. The minimum atomic E-state index is -0.685. The first kappa shape index (κ1) is 27.1. The molecule has 206 valence electrons. The van der Waals surface area contributed by atoms with Crippen molar-refractivity contribution in [3.8, 4) is 0 Å². The van der Waals surface area contributed by atoms with Crippen LogP contribution in [0.15, 0.2) is 105 Å². The summed E-state index contributed by atoms with van der Waals surface area (Å²) in [5.74, 6) is -0.477. The van der Waals surface area contributed by atoms with Crippen LogP contribution in [-0.4, -0.2) is 28.0 Å². The molecule has 6 rings (SSSR count). The zero-order valence-electron chi connectivity index (χ0n) is 23.0. The third-order valence-electron chi connectivity index (χ3n) is 7.25. The number of hydrogen-bond acceptors (Lipinski definition) is 6. The standard InChI is InChI=1S/C33H29N3O3S2/c1-4-35-20-23(25-13-9-10-14-26(25)35)19-27-31(37)36-30(22-15-17-24(40-3)18-16-22)28(32(38)39-5-2)29(34-33(36)41-27)21-11-7-6-8-12-21/h6-20,30H,4-5H2,1-3H3/b27-19-/t30-/m1/s1. The Kier molecular flexibility index (Phi) is 7.51. The molecule has 0 bridgehead atoms. The molecule has 0 saturated carbocycles.